The maximum absolute atomic E-state index is 11.6. The number of carbonyl (C=O) groups excluding carboxylic acids is 1. The Hall–Kier alpha value is -1.55. The second-order valence-electron chi connectivity index (χ2n) is 4.06. The molecular weight excluding hydrogens is 216 g/mol. The molecule has 1 amide bonds. The Labute approximate surface area is 102 Å². The average molecular weight is 236 g/mol. The summed E-state index contributed by atoms with van der Waals surface area (Å²) in [6, 6.07) is 6.82. The van der Waals surface area contributed by atoms with Crippen LogP contribution < -0.4 is 10.6 Å². The highest BCUT2D eigenvalue weighted by molar-refractivity contribution is 5.78. The maximum atomic E-state index is 11.6. The van der Waals surface area contributed by atoms with Gasteiger partial charge in [0.25, 0.3) is 0 Å². The number of carbonyl (C=O) groups is 1. The molecular formula is C13H20N2O2. The highest BCUT2D eigenvalue weighted by Crippen LogP contribution is 2.17. The zero-order valence-electron chi connectivity index (χ0n) is 10.4. The van der Waals surface area contributed by atoms with Gasteiger partial charge >= 0.3 is 0 Å². The quantitative estimate of drug-likeness (QED) is 0.657. The third kappa shape index (κ3) is 4.87. The molecule has 0 aromatic heterocycles. The van der Waals surface area contributed by atoms with Crippen molar-refractivity contribution in [1.29, 1.82) is 0 Å². The van der Waals surface area contributed by atoms with Crippen LogP contribution in [0.1, 0.15) is 31.9 Å². The monoisotopic (exact) mass is 236 g/mol. The summed E-state index contributed by atoms with van der Waals surface area (Å²) in [5.41, 5.74) is 0.897. The van der Waals surface area contributed by atoms with Crippen LogP contribution in [0.15, 0.2) is 24.3 Å². The van der Waals surface area contributed by atoms with Crippen molar-refractivity contribution >= 4 is 5.91 Å². The Morgan fingerprint density at radius 2 is 2.24 bits per heavy atom. The Morgan fingerprint density at radius 1 is 1.47 bits per heavy atom. The molecule has 0 aliphatic carbocycles. The summed E-state index contributed by atoms with van der Waals surface area (Å²) in [6.45, 7) is 5.12. The molecule has 0 radical (unpaired) electrons. The molecule has 0 aliphatic heterocycles. The van der Waals surface area contributed by atoms with Crippen molar-refractivity contribution in [3.05, 3.63) is 29.8 Å². The van der Waals surface area contributed by atoms with Crippen LogP contribution in [-0.4, -0.2) is 24.1 Å². The fourth-order valence-electron chi connectivity index (χ4n) is 1.55. The molecule has 4 heteroatoms. The van der Waals surface area contributed by atoms with Crippen molar-refractivity contribution in [3.63, 3.8) is 0 Å². The van der Waals surface area contributed by atoms with E-state index in [1.807, 2.05) is 13.0 Å². The minimum atomic E-state index is -0.0990. The van der Waals surface area contributed by atoms with Crippen molar-refractivity contribution in [1.82, 2.24) is 10.6 Å². The summed E-state index contributed by atoms with van der Waals surface area (Å²) < 4.78 is 0. The first-order valence-corrected chi connectivity index (χ1v) is 5.92. The Kier molecular flexibility index (Phi) is 5.49. The van der Waals surface area contributed by atoms with E-state index in [0.29, 0.717) is 6.54 Å². The van der Waals surface area contributed by atoms with Crippen LogP contribution in [0.2, 0.25) is 0 Å². The van der Waals surface area contributed by atoms with E-state index in [2.05, 4.69) is 17.6 Å². The number of aromatic hydroxyl groups is 1. The topological polar surface area (TPSA) is 61.4 Å². The highest BCUT2D eigenvalue weighted by atomic mass is 16.3. The van der Waals surface area contributed by atoms with Crippen LogP contribution in [0.25, 0.3) is 0 Å². The molecule has 0 aliphatic rings. The van der Waals surface area contributed by atoms with E-state index in [-0.39, 0.29) is 17.7 Å². The van der Waals surface area contributed by atoms with Crippen LogP contribution in [0, 0.1) is 0 Å². The van der Waals surface area contributed by atoms with Gasteiger partial charge in [0.15, 0.2) is 0 Å². The molecule has 4 nitrogen and oxygen atoms in total. The van der Waals surface area contributed by atoms with Crippen LogP contribution in [0.3, 0.4) is 0 Å². The number of nitrogens with one attached hydrogen (secondary N) is 2. The number of phenols is 1. The van der Waals surface area contributed by atoms with Gasteiger partial charge in [-0.15, -0.1) is 0 Å². The lowest BCUT2D eigenvalue weighted by molar-refractivity contribution is -0.120. The molecule has 94 valence electrons. The Bertz CT molecular complexity index is 366. The van der Waals surface area contributed by atoms with Gasteiger partial charge in [0.1, 0.15) is 5.75 Å². The van der Waals surface area contributed by atoms with E-state index in [1.54, 1.807) is 18.2 Å². The highest BCUT2D eigenvalue weighted by Gasteiger charge is 2.09. The molecule has 1 aromatic rings. The second-order valence-corrected chi connectivity index (χ2v) is 4.06. The third-order valence-electron chi connectivity index (χ3n) is 2.46. The molecule has 1 atom stereocenters. The van der Waals surface area contributed by atoms with E-state index < -0.39 is 0 Å². The molecule has 0 saturated carbocycles. The summed E-state index contributed by atoms with van der Waals surface area (Å²) in [4.78, 5) is 11.6. The second kappa shape index (κ2) is 6.91. The molecule has 0 fully saturated rings. The van der Waals surface area contributed by atoms with Gasteiger partial charge in [0.2, 0.25) is 5.91 Å². The number of hydrogen-bond donors (Lipinski definition) is 3. The van der Waals surface area contributed by atoms with Gasteiger partial charge in [0, 0.05) is 0 Å². The van der Waals surface area contributed by atoms with E-state index in [1.165, 1.54) is 0 Å². The zero-order valence-corrected chi connectivity index (χ0v) is 10.4. The van der Waals surface area contributed by atoms with Gasteiger partial charge < -0.3 is 15.7 Å². The van der Waals surface area contributed by atoms with E-state index >= 15 is 0 Å². The predicted octanol–water partition coefficient (Wildman–Crippen LogP) is 1.57. The number of amides is 1. The van der Waals surface area contributed by atoms with Gasteiger partial charge in [-0.3, -0.25) is 4.79 Å². The van der Waals surface area contributed by atoms with E-state index in [9.17, 15) is 9.90 Å². The van der Waals surface area contributed by atoms with Gasteiger partial charge in [-0.1, -0.05) is 19.1 Å². The van der Waals surface area contributed by atoms with Gasteiger partial charge in [-0.25, -0.2) is 0 Å². The lowest BCUT2D eigenvalue weighted by atomic mass is 10.1. The molecule has 17 heavy (non-hydrogen) atoms. The fourth-order valence-corrected chi connectivity index (χ4v) is 1.55. The van der Waals surface area contributed by atoms with Gasteiger partial charge in [-0.05, 0) is 37.6 Å². The van der Waals surface area contributed by atoms with E-state index in [4.69, 9.17) is 0 Å². The lowest BCUT2D eigenvalue weighted by Gasteiger charge is -2.14. The molecule has 0 spiro atoms. The van der Waals surface area contributed by atoms with Crippen LogP contribution >= 0.6 is 0 Å². The number of benzene rings is 1. The van der Waals surface area contributed by atoms with Crippen LogP contribution in [0.4, 0.5) is 0 Å². The van der Waals surface area contributed by atoms with Gasteiger partial charge in [-0.2, -0.15) is 0 Å². The number of phenolic OH excluding ortho intramolecular Hbond substituents is 1. The fraction of sp³-hybridized carbons (Fsp3) is 0.462. The Morgan fingerprint density at radius 3 is 2.88 bits per heavy atom. The molecule has 0 bridgehead atoms. The summed E-state index contributed by atoms with van der Waals surface area (Å²) >= 11 is 0. The zero-order chi connectivity index (χ0) is 12.7. The number of rotatable bonds is 6. The maximum Gasteiger partial charge on any atom is 0.234 e. The van der Waals surface area contributed by atoms with Gasteiger partial charge in [0.05, 0.1) is 12.6 Å². The minimum Gasteiger partial charge on any atom is -0.508 e. The molecule has 3 N–H and O–H groups in total. The summed E-state index contributed by atoms with van der Waals surface area (Å²) in [5, 5.41) is 15.3. The molecule has 1 aromatic carbocycles. The van der Waals surface area contributed by atoms with Crippen molar-refractivity contribution in [2.24, 2.45) is 0 Å². The lowest BCUT2D eigenvalue weighted by Crippen LogP contribution is -2.35. The molecule has 0 heterocycles. The van der Waals surface area contributed by atoms with Crippen LogP contribution in [0.5, 0.6) is 5.75 Å². The average Bonchev–Trinajstić information content (AvgIpc) is 2.29. The summed E-state index contributed by atoms with van der Waals surface area (Å²) in [5.74, 6) is 0.182. The van der Waals surface area contributed by atoms with Crippen molar-refractivity contribution in [3.8, 4) is 5.75 Å². The molecule has 1 rings (SSSR count). The standard InChI is InChI=1S/C13H20N2O2/c1-3-7-14-9-13(17)15-10(2)11-5-4-6-12(16)8-11/h4-6,8,10,14,16H,3,7,9H2,1-2H3,(H,15,17). The largest absolute Gasteiger partial charge is 0.508 e. The minimum absolute atomic E-state index is 0.0331. The van der Waals surface area contributed by atoms with E-state index in [0.717, 1.165) is 18.5 Å². The summed E-state index contributed by atoms with van der Waals surface area (Å²) in [7, 11) is 0. The normalized spacial score (nSPS) is 12.1. The smallest absolute Gasteiger partial charge is 0.234 e. The third-order valence-corrected chi connectivity index (χ3v) is 2.46. The van der Waals surface area contributed by atoms with Crippen molar-refractivity contribution in [2.75, 3.05) is 13.1 Å². The Balaban J connectivity index is 2.43. The molecule has 0 saturated heterocycles. The van der Waals surface area contributed by atoms with Crippen molar-refractivity contribution in [2.45, 2.75) is 26.3 Å². The molecule has 1 unspecified atom stereocenters. The number of hydrogen-bond acceptors (Lipinski definition) is 3. The predicted molar refractivity (Wildman–Crippen MR) is 67.8 cm³/mol. The first-order valence-electron chi connectivity index (χ1n) is 5.92. The first kappa shape index (κ1) is 13.5. The summed E-state index contributed by atoms with van der Waals surface area (Å²) in [6.07, 6.45) is 1.01. The van der Waals surface area contributed by atoms with Crippen LogP contribution in [-0.2, 0) is 4.79 Å². The van der Waals surface area contributed by atoms with Crippen molar-refractivity contribution < 1.29 is 9.90 Å². The first-order chi connectivity index (χ1) is 8.13. The SMILES string of the molecule is CCCNCC(=O)NC(C)c1cccc(O)c1.